The van der Waals surface area contributed by atoms with E-state index in [2.05, 4.69) is 15.9 Å². The summed E-state index contributed by atoms with van der Waals surface area (Å²) in [5, 5.41) is 8.71. The van der Waals surface area contributed by atoms with Crippen molar-refractivity contribution >= 4 is 15.9 Å². The van der Waals surface area contributed by atoms with Crippen LogP contribution in [0.15, 0.2) is 12.1 Å². The molecule has 0 amide bonds. The molecule has 15 heavy (non-hydrogen) atoms. The van der Waals surface area contributed by atoms with Crippen LogP contribution in [-0.2, 0) is 11.5 Å². The second kappa shape index (κ2) is 4.23. The van der Waals surface area contributed by atoms with E-state index in [1.165, 1.54) is 6.07 Å². The molecule has 5 heteroatoms. The Hall–Kier alpha value is -1.02. The van der Waals surface area contributed by atoms with E-state index in [-0.39, 0.29) is 16.5 Å². The molecule has 0 spiro atoms. The van der Waals surface area contributed by atoms with Gasteiger partial charge in [0.05, 0.1) is 17.2 Å². The van der Waals surface area contributed by atoms with Gasteiger partial charge >= 0.3 is 6.18 Å². The molecule has 0 heterocycles. The van der Waals surface area contributed by atoms with Gasteiger partial charge in [0, 0.05) is 5.33 Å². The SMILES string of the molecule is Cc1cc(C#N)cc(C(F)(F)F)c1CBr. The number of alkyl halides is 4. The minimum absolute atomic E-state index is 0.0320. The molecule has 0 aliphatic rings. The Labute approximate surface area is 93.6 Å². The Morgan fingerprint density at radius 1 is 1.40 bits per heavy atom. The van der Waals surface area contributed by atoms with E-state index in [0.717, 1.165) is 6.07 Å². The van der Waals surface area contributed by atoms with E-state index >= 15 is 0 Å². The summed E-state index contributed by atoms with van der Waals surface area (Å²) in [6.45, 7) is 1.56. The van der Waals surface area contributed by atoms with Gasteiger partial charge < -0.3 is 0 Å². The molecule has 0 atom stereocenters. The smallest absolute Gasteiger partial charge is 0.192 e. The van der Waals surface area contributed by atoms with Gasteiger partial charge in [0.2, 0.25) is 0 Å². The lowest BCUT2D eigenvalue weighted by Gasteiger charge is -2.13. The molecular formula is C10H7BrF3N. The van der Waals surface area contributed by atoms with Gasteiger partial charge in [-0.15, -0.1) is 0 Å². The average Bonchev–Trinajstić information content (AvgIpc) is 2.15. The summed E-state index contributed by atoms with van der Waals surface area (Å²) in [6, 6.07) is 4.05. The summed E-state index contributed by atoms with van der Waals surface area (Å²) in [7, 11) is 0. The Morgan fingerprint density at radius 3 is 2.40 bits per heavy atom. The van der Waals surface area contributed by atoms with Crippen molar-refractivity contribution in [2.75, 3.05) is 0 Å². The van der Waals surface area contributed by atoms with Crippen LogP contribution in [0, 0.1) is 18.3 Å². The van der Waals surface area contributed by atoms with Crippen molar-refractivity contribution in [3.05, 3.63) is 34.4 Å². The monoisotopic (exact) mass is 277 g/mol. The largest absolute Gasteiger partial charge is 0.416 e. The number of hydrogen-bond acceptors (Lipinski definition) is 1. The normalized spacial score (nSPS) is 11.2. The molecule has 0 saturated carbocycles. The minimum Gasteiger partial charge on any atom is -0.192 e. The summed E-state index contributed by atoms with van der Waals surface area (Å²) in [4.78, 5) is 0. The van der Waals surface area contributed by atoms with Crippen LogP contribution in [0.1, 0.15) is 22.3 Å². The third-order valence-corrected chi connectivity index (χ3v) is 2.60. The maximum Gasteiger partial charge on any atom is 0.416 e. The highest BCUT2D eigenvalue weighted by atomic mass is 79.9. The highest BCUT2D eigenvalue weighted by molar-refractivity contribution is 9.08. The minimum atomic E-state index is -4.42. The second-order valence-corrected chi connectivity index (χ2v) is 3.62. The zero-order chi connectivity index (χ0) is 11.6. The van der Waals surface area contributed by atoms with Crippen molar-refractivity contribution in [1.29, 1.82) is 5.26 Å². The number of benzene rings is 1. The van der Waals surface area contributed by atoms with E-state index in [4.69, 9.17) is 5.26 Å². The summed E-state index contributed by atoms with van der Waals surface area (Å²) >= 11 is 3.02. The predicted octanol–water partition coefficient (Wildman–Crippen LogP) is 3.78. The fourth-order valence-corrected chi connectivity index (χ4v) is 2.06. The summed E-state index contributed by atoms with van der Waals surface area (Å²) in [5.74, 6) is 0. The topological polar surface area (TPSA) is 23.8 Å². The zero-order valence-corrected chi connectivity index (χ0v) is 9.41. The third-order valence-electron chi connectivity index (χ3n) is 2.04. The van der Waals surface area contributed by atoms with Crippen molar-refractivity contribution in [2.24, 2.45) is 0 Å². The third kappa shape index (κ3) is 2.51. The Balaban J connectivity index is 3.48. The van der Waals surface area contributed by atoms with Crippen LogP contribution in [0.25, 0.3) is 0 Å². The standard InChI is InChI=1S/C10H7BrF3N/c1-6-2-7(5-15)3-9(8(6)4-11)10(12,13)14/h2-3H,4H2,1H3. The van der Waals surface area contributed by atoms with Crippen LogP contribution in [0.3, 0.4) is 0 Å². The van der Waals surface area contributed by atoms with E-state index in [9.17, 15) is 13.2 Å². The molecule has 0 aliphatic heterocycles. The lowest BCUT2D eigenvalue weighted by molar-refractivity contribution is -0.138. The van der Waals surface area contributed by atoms with Gasteiger partial charge in [0.1, 0.15) is 0 Å². The van der Waals surface area contributed by atoms with Gasteiger partial charge in [-0.2, -0.15) is 18.4 Å². The maximum absolute atomic E-state index is 12.6. The molecule has 80 valence electrons. The van der Waals surface area contributed by atoms with Crippen LogP contribution in [0.4, 0.5) is 13.2 Å². The van der Waals surface area contributed by atoms with Gasteiger partial charge in [0.15, 0.2) is 0 Å². The molecule has 0 unspecified atom stereocenters. The Morgan fingerprint density at radius 2 is 2.00 bits per heavy atom. The number of hydrogen-bond donors (Lipinski definition) is 0. The van der Waals surface area contributed by atoms with Crippen LogP contribution < -0.4 is 0 Å². The van der Waals surface area contributed by atoms with Crippen LogP contribution in [0.2, 0.25) is 0 Å². The number of halogens is 4. The van der Waals surface area contributed by atoms with Crippen molar-refractivity contribution < 1.29 is 13.2 Å². The highest BCUT2D eigenvalue weighted by Crippen LogP contribution is 2.35. The van der Waals surface area contributed by atoms with E-state index in [1.807, 2.05) is 0 Å². The molecule has 0 radical (unpaired) electrons. The maximum atomic E-state index is 12.6. The zero-order valence-electron chi connectivity index (χ0n) is 7.82. The molecule has 0 saturated heterocycles. The van der Waals surface area contributed by atoms with Crippen molar-refractivity contribution in [2.45, 2.75) is 18.4 Å². The van der Waals surface area contributed by atoms with Crippen molar-refractivity contribution in [3.63, 3.8) is 0 Å². The van der Waals surface area contributed by atoms with Gasteiger partial charge in [-0.1, -0.05) is 15.9 Å². The van der Waals surface area contributed by atoms with Crippen LogP contribution >= 0.6 is 15.9 Å². The van der Waals surface area contributed by atoms with Gasteiger partial charge in [0.25, 0.3) is 0 Å². The lowest BCUT2D eigenvalue weighted by Crippen LogP contribution is -2.10. The molecule has 0 bridgehead atoms. The molecule has 0 aliphatic carbocycles. The second-order valence-electron chi connectivity index (χ2n) is 3.06. The highest BCUT2D eigenvalue weighted by Gasteiger charge is 2.34. The average molecular weight is 278 g/mol. The number of rotatable bonds is 1. The van der Waals surface area contributed by atoms with Crippen molar-refractivity contribution in [3.8, 4) is 6.07 Å². The fourth-order valence-electron chi connectivity index (χ4n) is 1.31. The fraction of sp³-hybridized carbons (Fsp3) is 0.300. The van der Waals surface area contributed by atoms with E-state index < -0.39 is 11.7 Å². The Bertz CT molecular complexity index is 418. The number of nitriles is 1. The molecule has 1 rings (SSSR count). The first-order chi connectivity index (χ1) is 6.90. The molecular weight excluding hydrogens is 271 g/mol. The molecule has 0 fully saturated rings. The molecule has 0 N–H and O–H groups in total. The molecule has 0 aromatic heterocycles. The van der Waals surface area contributed by atoms with Crippen LogP contribution in [-0.4, -0.2) is 0 Å². The van der Waals surface area contributed by atoms with Gasteiger partial charge in [-0.05, 0) is 30.2 Å². The summed E-state index contributed by atoms with van der Waals surface area (Å²) < 4.78 is 37.8. The van der Waals surface area contributed by atoms with E-state index in [1.54, 1.807) is 13.0 Å². The first-order valence-electron chi connectivity index (χ1n) is 4.07. The molecule has 1 nitrogen and oxygen atoms in total. The van der Waals surface area contributed by atoms with Gasteiger partial charge in [-0.3, -0.25) is 0 Å². The molecule has 1 aromatic carbocycles. The first kappa shape index (κ1) is 12.1. The first-order valence-corrected chi connectivity index (χ1v) is 5.19. The lowest BCUT2D eigenvalue weighted by atomic mass is 10.00. The summed E-state index contributed by atoms with van der Waals surface area (Å²) in [5.41, 5.74) is -0.0554. The van der Waals surface area contributed by atoms with Gasteiger partial charge in [-0.25, -0.2) is 0 Å². The number of aryl methyl sites for hydroxylation is 1. The van der Waals surface area contributed by atoms with Crippen molar-refractivity contribution in [1.82, 2.24) is 0 Å². The number of nitrogens with zero attached hydrogens (tertiary/aromatic N) is 1. The predicted molar refractivity (Wildman–Crippen MR) is 53.5 cm³/mol. The Kier molecular flexibility index (Phi) is 3.40. The van der Waals surface area contributed by atoms with Crippen LogP contribution in [0.5, 0.6) is 0 Å². The quantitative estimate of drug-likeness (QED) is 0.717. The summed E-state index contributed by atoms with van der Waals surface area (Å²) in [6.07, 6.45) is -4.42. The molecule has 1 aromatic rings. The van der Waals surface area contributed by atoms with E-state index in [0.29, 0.717) is 5.56 Å².